The molecular formula is C8H7N3O4. The molecule has 0 spiro atoms. The van der Waals surface area contributed by atoms with Crippen LogP contribution in [0.3, 0.4) is 0 Å². The van der Waals surface area contributed by atoms with Gasteiger partial charge in [0.25, 0.3) is 11.4 Å². The van der Waals surface area contributed by atoms with Crippen LogP contribution in [0.1, 0.15) is 5.56 Å². The first-order valence-electron chi connectivity index (χ1n) is 3.87. The molecule has 0 saturated carbocycles. The second kappa shape index (κ2) is 3.82. The summed E-state index contributed by atoms with van der Waals surface area (Å²) in [7, 11) is 0. The summed E-state index contributed by atoms with van der Waals surface area (Å²) in [6, 6.07) is 2.30. The highest BCUT2D eigenvalue weighted by molar-refractivity contribution is 5.63. The molecule has 0 aliphatic carbocycles. The molecule has 0 amide bonds. The number of hydrogen-bond donors (Lipinski definition) is 0. The first-order valence-corrected chi connectivity index (χ1v) is 3.87. The first kappa shape index (κ1) is 10.8. The average Bonchev–Trinajstić information content (AvgIpc) is 2.17. The van der Waals surface area contributed by atoms with Crippen molar-refractivity contribution in [1.29, 1.82) is 0 Å². The molecule has 1 aromatic carbocycles. The van der Waals surface area contributed by atoms with Crippen molar-refractivity contribution in [3.05, 3.63) is 37.9 Å². The minimum Gasteiger partial charge on any atom is -0.264 e. The lowest BCUT2D eigenvalue weighted by atomic mass is 10.1. The van der Waals surface area contributed by atoms with Gasteiger partial charge in [0.1, 0.15) is 5.56 Å². The lowest BCUT2D eigenvalue weighted by Gasteiger charge is -2.00. The first-order chi connectivity index (χ1) is 6.97. The van der Waals surface area contributed by atoms with Crippen LogP contribution in [0.2, 0.25) is 0 Å². The lowest BCUT2D eigenvalue weighted by Crippen LogP contribution is -1.97. The van der Waals surface area contributed by atoms with E-state index in [2.05, 4.69) is 11.7 Å². The minimum atomic E-state index is -0.684. The standard InChI is InChI=1S/C8H7N3O4/c1-5-7(10(12)13)3-6(9-2)4-8(5)11(14)15/h3-4H,2H2,1H3. The zero-order valence-electron chi connectivity index (χ0n) is 7.84. The Morgan fingerprint density at radius 3 is 1.87 bits per heavy atom. The third kappa shape index (κ3) is 1.96. The van der Waals surface area contributed by atoms with Crippen molar-refractivity contribution in [3.8, 4) is 0 Å². The number of nitrogens with zero attached hydrogens (tertiary/aromatic N) is 3. The van der Waals surface area contributed by atoms with Gasteiger partial charge in [0.2, 0.25) is 0 Å². The summed E-state index contributed by atoms with van der Waals surface area (Å²) in [4.78, 5) is 23.2. The van der Waals surface area contributed by atoms with E-state index in [1.165, 1.54) is 6.92 Å². The average molecular weight is 209 g/mol. The van der Waals surface area contributed by atoms with Gasteiger partial charge in [-0.1, -0.05) is 0 Å². The molecule has 1 aromatic rings. The predicted octanol–water partition coefficient (Wildman–Crippen LogP) is 2.14. The van der Waals surface area contributed by atoms with Crippen LogP contribution in [-0.2, 0) is 0 Å². The smallest absolute Gasteiger partial charge is 0.264 e. The number of nitro groups is 2. The topological polar surface area (TPSA) is 98.6 Å². The number of benzene rings is 1. The highest BCUT2D eigenvalue weighted by atomic mass is 16.6. The van der Waals surface area contributed by atoms with Gasteiger partial charge in [0, 0.05) is 12.1 Å². The van der Waals surface area contributed by atoms with E-state index in [1.807, 2.05) is 0 Å². The molecule has 0 radical (unpaired) electrons. The largest absolute Gasteiger partial charge is 0.281 e. The van der Waals surface area contributed by atoms with Gasteiger partial charge in [-0.15, -0.1) is 0 Å². The summed E-state index contributed by atoms with van der Waals surface area (Å²) >= 11 is 0. The van der Waals surface area contributed by atoms with Crippen molar-refractivity contribution in [1.82, 2.24) is 0 Å². The fourth-order valence-corrected chi connectivity index (χ4v) is 1.14. The highest BCUT2D eigenvalue weighted by Gasteiger charge is 2.22. The van der Waals surface area contributed by atoms with Crippen LogP contribution in [-0.4, -0.2) is 16.6 Å². The van der Waals surface area contributed by atoms with Crippen molar-refractivity contribution in [2.45, 2.75) is 6.92 Å². The maximum Gasteiger partial charge on any atom is 0.281 e. The van der Waals surface area contributed by atoms with Crippen molar-refractivity contribution in [2.24, 2.45) is 4.99 Å². The van der Waals surface area contributed by atoms with Gasteiger partial charge >= 0.3 is 0 Å². The fraction of sp³-hybridized carbons (Fsp3) is 0.125. The van der Waals surface area contributed by atoms with Crippen molar-refractivity contribution in [3.63, 3.8) is 0 Å². The van der Waals surface area contributed by atoms with E-state index >= 15 is 0 Å². The molecule has 1 rings (SSSR count). The third-order valence-electron chi connectivity index (χ3n) is 1.91. The normalized spacial score (nSPS) is 9.67. The van der Waals surface area contributed by atoms with Gasteiger partial charge in [-0.25, -0.2) is 0 Å². The van der Waals surface area contributed by atoms with Crippen LogP contribution in [0.25, 0.3) is 0 Å². The van der Waals surface area contributed by atoms with E-state index in [1.54, 1.807) is 0 Å². The van der Waals surface area contributed by atoms with Gasteiger partial charge in [0.05, 0.1) is 15.5 Å². The van der Waals surface area contributed by atoms with Gasteiger partial charge in [0.15, 0.2) is 0 Å². The van der Waals surface area contributed by atoms with Gasteiger partial charge < -0.3 is 0 Å². The highest BCUT2D eigenvalue weighted by Crippen LogP contribution is 2.32. The minimum absolute atomic E-state index is 0.0115. The predicted molar refractivity (Wildman–Crippen MR) is 53.7 cm³/mol. The summed E-state index contributed by atoms with van der Waals surface area (Å²) in [5.74, 6) is 0. The summed E-state index contributed by atoms with van der Waals surface area (Å²) in [6.45, 7) is 4.49. The van der Waals surface area contributed by atoms with E-state index < -0.39 is 9.85 Å². The maximum absolute atomic E-state index is 10.6. The molecule has 0 aliphatic rings. The van der Waals surface area contributed by atoms with Crippen molar-refractivity contribution in [2.75, 3.05) is 0 Å². The molecule has 78 valence electrons. The maximum atomic E-state index is 10.6. The molecule has 0 unspecified atom stereocenters. The van der Waals surface area contributed by atoms with Crippen molar-refractivity contribution < 1.29 is 9.85 Å². The molecule has 7 heteroatoms. The van der Waals surface area contributed by atoms with E-state index in [4.69, 9.17) is 0 Å². The summed E-state index contributed by atoms with van der Waals surface area (Å²) in [5, 5.41) is 21.2. The van der Waals surface area contributed by atoms with Crippen LogP contribution < -0.4 is 0 Å². The van der Waals surface area contributed by atoms with Crippen molar-refractivity contribution >= 4 is 23.8 Å². The summed E-state index contributed by atoms with van der Waals surface area (Å²) in [6.07, 6.45) is 0. The monoisotopic (exact) mass is 209 g/mol. The molecule has 0 fully saturated rings. The Hall–Kier alpha value is -2.31. The molecule has 0 N–H and O–H groups in total. The molecule has 0 saturated heterocycles. The quantitative estimate of drug-likeness (QED) is 0.432. The zero-order chi connectivity index (χ0) is 11.6. The van der Waals surface area contributed by atoms with Gasteiger partial charge in [-0.3, -0.25) is 25.2 Å². The Morgan fingerprint density at radius 2 is 1.60 bits per heavy atom. The second-order valence-electron chi connectivity index (χ2n) is 2.78. The molecule has 0 aliphatic heterocycles. The third-order valence-corrected chi connectivity index (χ3v) is 1.91. The van der Waals surface area contributed by atoms with Crippen LogP contribution in [0.4, 0.5) is 17.1 Å². The Bertz CT molecular complexity index is 420. The zero-order valence-corrected chi connectivity index (χ0v) is 7.84. The Labute approximate surface area is 84.4 Å². The van der Waals surface area contributed by atoms with E-state index in [-0.39, 0.29) is 22.6 Å². The molecular weight excluding hydrogens is 202 g/mol. The van der Waals surface area contributed by atoms with Crippen LogP contribution >= 0.6 is 0 Å². The number of hydrogen-bond acceptors (Lipinski definition) is 5. The Balaban J connectivity index is 3.53. The van der Waals surface area contributed by atoms with E-state index in [0.717, 1.165) is 12.1 Å². The van der Waals surface area contributed by atoms with Gasteiger partial charge in [-0.2, -0.15) is 0 Å². The summed E-state index contributed by atoms with van der Waals surface area (Å²) < 4.78 is 0. The number of rotatable bonds is 3. The number of nitro benzene ring substituents is 2. The Kier molecular flexibility index (Phi) is 2.75. The molecule has 0 atom stereocenters. The second-order valence-corrected chi connectivity index (χ2v) is 2.78. The fourth-order valence-electron chi connectivity index (χ4n) is 1.14. The van der Waals surface area contributed by atoms with E-state index in [9.17, 15) is 20.2 Å². The van der Waals surface area contributed by atoms with E-state index in [0.29, 0.717) is 0 Å². The Morgan fingerprint density at radius 1 is 1.20 bits per heavy atom. The molecule has 0 bridgehead atoms. The molecule has 15 heavy (non-hydrogen) atoms. The molecule has 0 aromatic heterocycles. The molecule has 0 heterocycles. The van der Waals surface area contributed by atoms with Crippen LogP contribution in [0, 0.1) is 27.2 Å². The van der Waals surface area contributed by atoms with Crippen LogP contribution in [0.15, 0.2) is 17.1 Å². The SMILES string of the molecule is C=Nc1cc([N+](=O)[O-])c(C)c([N+](=O)[O-])c1. The molecule has 7 nitrogen and oxygen atoms in total. The number of aliphatic imine (C=N–C) groups is 1. The lowest BCUT2D eigenvalue weighted by molar-refractivity contribution is -0.395. The van der Waals surface area contributed by atoms with Crippen LogP contribution in [0.5, 0.6) is 0 Å². The van der Waals surface area contributed by atoms with Gasteiger partial charge in [-0.05, 0) is 13.6 Å². The summed E-state index contributed by atoms with van der Waals surface area (Å²) in [5.41, 5.74) is -0.533.